The second-order valence-corrected chi connectivity index (χ2v) is 4.80. The van der Waals surface area contributed by atoms with Crippen LogP contribution in [0.3, 0.4) is 0 Å². The van der Waals surface area contributed by atoms with Gasteiger partial charge in [0.05, 0.1) is 18.9 Å². The van der Waals surface area contributed by atoms with Crippen molar-refractivity contribution in [2.45, 2.75) is 0 Å². The molecule has 6 heteroatoms. The fourth-order valence-electron chi connectivity index (χ4n) is 2.22. The number of ether oxygens (including phenoxy) is 1. The lowest BCUT2D eigenvalue weighted by molar-refractivity contribution is 0.0600. The highest BCUT2D eigenvalue weighted by molar-refractivity contribution is 6.48. The lowest BCUT2D eigenvalue weighted by Gasteiger charge is -2.03. The fraction of sp³-hybridized carbons (Fsp3) is 0.0588. The Morgan fingerprint density at radius 3 is 2.35 bits per heavy atom. The summed E-state index contributed by atoms with van der Waals surface area (Å²) in [4.78, 5) is 40.2. The third kappa shape index (κ3) is 2.62. The number of benzene rings is 1. The van der Waals surface area contributed by atoms with E-state index in [4.69, 9.17) is 0 Å². The minimum absolute atomic E-state index is 0.197. The van der Waals surface area contributed by atoms with Crippen LogP contribution in [0.2, 0.25) is 0 Å². The number of carbonyl (C=O) groups excluding carboxylic acids is 3. The van der Waals surface area contributed by atoms with E-state index in [1.54, 1.807) is 28.8 Å². The van der Waals surface area contributed by atoms with Gasteiger partial charge in [-0.15, -0.1) is 0 Å². The normalized spacial score (nSPS) is 10.5. The lowest BCUT2D eigenvalue weighted by atomic mass is 10.0. The molecule has 0 saturated heterocycles. The molecule has 6 nitrogen and oxygen atoms in total. The first kappa shape index (κ1) is 14.6. The number of carbonyl (C=O) groups is 3. The highest BCUT2D eigenvalue weighted by Gasteiger charge is 2.22. The predicted molar refractivity (Wildman–Crippen MR) is 81.6 cm³/mol. The average molecular weight is 308 g/mol. The molecule has 0 aliphatic heterocycles. The van der Waals surface area contributed by atoms with Gasteiger partial charge in [0.25, 0.3) is 5.78 Å². The number of hydrogen-bond donors (Lipinski definition) is 0. The Morgan fingerprint density at radius 1 is 0.957 bits per heavy atom. The average Bonchev–Trinajstić information content (AvgIpc) is 3.04. The van der Waals surface area contributed by atoms with Crippen LogP contribution in [0.5, 0.6) is 0 Å². The Hall–Kier alpha value is -3.28. The summed E-state index contributed by atoms with van der Waals surface area (Å²) in [6.07, 6.45) is 3.04. The van der Waals surface area contributed by atoms with Crippen molar-refractivity contribution in [3.8, 4) is 0 Å². The molecule has 0 amide bonds. The maximum Gasteiger partial charge on any atom is 0.337 e. The van der Waals surface area contributed by atoms with Crippen molar-refractivity contribution < 1.29 is 19.1 Å². The third-order valence-corrected chi connectivity index (χ3v) is 3.42. The van der Waals surface area contributed by atoms with Crippen molar-refractivity contribution in [2.24, 2.45) is 0 Å². The molecule has 2 aromatic heterocycles. The first-order valence-corrected chi connectivity index (χ1v) is 6.81. The van der Waals surface area contributed by atoms with Crippen LogP contribution in [0.1, 0.15) is 31.2 Å². The molecule has 0 fully saturated rings. The smallest absolute Gasteiger partial charge is 0.337 e. The number of ketones is 2. The molecule has 0 radical (unpaired) electrons. The Bertz CT molecular complexity index is 910. The number of imidazole rings is 1. The van der Waals surface area contributed by atoms with Crippen LogP contribution in [-0.4, -0.2) is 34.0 Å². The number of methoxy groups -OCH3 is 1. The van der Waals surface area contributed by atoms with Crippen LogP contribution >= 0.6 is 0 Å². The van der Waals surface area contributed by atoms with E-state index < -0.39 is 17.5 Å². The first-order chi connectivity index (χ1) is 11.1. The molecule has 0 spiro atoms. The molecular weight excluding hydrogens is 296 g/mol. The van der Waals surface area contributed by atoms with E-state index in [2.05, 4.69) is 9.72 Å². The summed E-state index contributed by atoms with van der Waals surface area (Å²) in [5.41, 5.74) is 1.30. The Balaban J connectivity index is 1.90. The monoisotopic (exact) mass is 308 g/mol. The summed E-state index contributed by atoms with van der Waals surface area (Å²) in [5, 5.41) is 0. The van der Waals surface area contributed by atoms with Gasteiger partial charge >= 0.3 is 5.97 Å². The largest absolute Gasteiger partial charge is 0.465 e. The molecule has 2 heterocycles. The van der Waals surface area contributed by atoms with E-state index in [1.165, 1.54) is 37.6 Å². The van der Waals surface area contributed by atoms with E-state index in [1.807, 2.05) is 0 Å². The Kier molecular flexibility index (Phi) is 3.72. The van der Waals surface area contributed by atoms with Gasteiger partial charge < -0.3 is 4.74 Å². The lowest BCUT2D eigenvalue weighted by Crippen LogP contribution is -2.16. The number of aromatic nitrogens is 2. The van der Waals surface area contributed by atoms with Gasteiger partial charge in [0.1, 0.15) is 11.3 Å². The molecule has 0 saturated carbocycles. The van der Waals surface area contributed by atoms with Gasteiger partial charge in [0.2, 0.25) is 5.78 Å². The SMILES string of the molecule is COC(=O)c1ccc(C(=O)C(=O)c2cnc3ccccn23)cc1. The van der Waals surface area contributed by atoms with Crippen molar-refractivity contribution in [1.82, 2.24) is 9.38 Å². The van der Waals surface area contributed by atoms with Crippen LogP contribution in [-0.2, 0) is 4.74 Å². The van der Waals surface area contributed by atoms with E-state index in [0.29, 0.717) is 11.2 Å². The number of rotatable bonds is 4. The highest BCUT2D eigenvalue weighted by atomic mass is 16.5. The molecule has 23 heavy (non-hydrogen) atoms. The summed E-state index contributed by atoms with van der Waals surface area (Å²) in [6.45, 7) is 0. The zero-order valence-electron chi connectivity index (χ0n) is 12.2. The second kappa shape index (κ2) is 5.84. The summed E-state index contributed by atoms with van der Waals surface area (Å²) in [5.74, 6) is -1.82. The molecule has 0 atom stereocenters. The Morgan fingerprint density at radius 2 is 1.65 bits per heavy atom. The quantitative estimate of drug-likeness (QED) is 0.419. The topological polar surface area (TPSA) is 77.7 Å². The zero-order valence-corrected chi connectivity index (χ0v) is 12.2. The van der Waals surface area contributed by atoms with Crippen LogP contribution in [0.25, 0.3) is 5.65 Å². The van der Waals surface area contributed by atoms with E-state index in [-0.39, 0.29) is 11.3 Å². The zero-order chi connectivity index (χ0) is 16.4. The van der Waals surface area contributed by atoms with Crippen LogP contribution in [0.4, 0.5) is 0 Å². The number of Topliss-reactive ketones (excluding diaryl/α,β-unsaturated/α-hetero) is 2. The molecule has 3 rings (SSSR count). The second-order valence-electron chi connectivity index (χ2n) is 4.80. The summed E-state index contributed by atoms with van der Waals surface area (Å²) in [7, 11) is 1.27. The van der Waals surface area contributed by atoms with Gasteiger partial charge in [-0.2, -0.15) is 0 Å². The molecule has 0 unspecified atom stereocenters. The van der Waals surface area contributed by atoms with Crippen molar-refractivity contribution >= 4 is 23.2 Å². The van der Waals surface area contributed by atoms with Gasteiger partial charge in [-0.25, -0.2) is 9.78 Å². The summed E-state index contributed by atoms with van der Waals surface area (Å²) in [6, 6.07) is 11.0. The molecule has 3 aromatic rings. The fourth-order valence-corrected chi connectivity index (χ4v) is 2.22. The highest BCUT2D eigenvalue weighted by Crippen LogP contribution is 2.12. The van der Waals surface area contributed by atoms with Gasteiger partial charge in [0.15, 0.2) is 0 Å². The van der Waals surface area contributed by atoms with Gasteiger partial charge in [0, 0.05) is 11.8 Å². The first-order valence-electron chi connectivity index (χ1n) is 6.81. The number of fused-ring (bicyclic) bond motifs is 1. The van der Waals surface area contributed by atoms with E-state index in [0.717, 1.165) is 0 Å². The van der Waals surface area contributed by atoms with Crippen molar-refractivity contribution in [1.29, 1.82) is 0 Å². The molecule has 0 bridgehead atoms. The van der Waals surface area contributed by atoms with E-state index in [9.17, 15) is 14.4 Å². The number of hydrogen-bond acceptors (Lipinski definition) is 5. The van der Waals surface area contributed by atoms with Gasteiger partial charge in [-0.05, 0) is 24.3 Å². The number of pyridine rings is 1. The van der Waals surface area contributed by atoms with Crippen LogP contribution < -0.4 is 0 Å². The number of esters is 1. The molecule has 1 aromatic carbocycles. The molecule has 0 N–H and O–H groups in total. The maximum absolute atomic E-state index is 12.4. The maximum atomic E-state index is 12.4. The van der Waals surface area contributed by atoms with Gasteiger partial charge in [-0.3, -0.25) is 14.0 Å². The Labute approximate surface area is 131 Å². The van der Waals surface area contributed by atoms with Crippen molar-refractivity contribution in [3.05, 3.63) is 71.7 Å². The van der Waals surface area contributed by atoms with Crippen LogP contribution in [0.15, 0.2) is 54.9 Å². The van der Waals surface area contributed by atoms with Crippen LogP contribution in [0, 0.1) is 0 Å². The molecular formula is C17H12N2O4. The van der Waals surface area contributed by atoms with Crippen molar-refractivity contribution in [3.63, 3.8) is 0 Å². The van der Waals surface area contributed by atoms with E-state index >= 15 is 0 Å². The summed E-state index contributed by atoms with van der Waals surface area (Å²) >= 11 is 0. The van der Waals surface area contributed by atoms with Gasteiger partial charge in [-0.1, -0.05) is 18.2 Å². The number of nitrogens with zero attached hydrogens (tertiary/aromatic N) is 2. The third-order valence-electron chi connectivity index (χ3n) is 3.42. The minimum atomic E-state index is -0.660. The molecule has 114 valence electrons. The van der Waals surface area contributed by atoms with Crippen molar-refractivity contribution in [2.75, 3.05) is 7.11 Å². The molecule has 0 aliphatic carbocycles. The molecule has 0 aliphatic rings. The minimum Gasteiger partial charge on any atom is -0.465 e. The predicted octanol–water partition coefficient (Wildman–Crippen LogP) is 2.19. The summed E-state index contributed by atoms with van der Waals surface area (Å²) < 4.78 is 6.15. The standard InChI is InChI=1S/C17H12N2O4/c1-23-17(22)12-7-5-11(6-8-12)15(20)16(21)13-10-18-14-4-2-3-9-19(13)14/h2-10H,1H3.